The maximum atomic E-state index is 13.1. The quantitative estimate of drug-likeness (QED) is 0.698. The molecule has 0 unspecified atom stereocenters. The molecule has 2 amide bonds. The lowest BCUT2D eigenvalue weighted by Gasteiger charge is -2.35. The molecule has 2 atom stereocenters. The van der Waals surface area contributed by atoms with Gasteiger partial charge in [-0.15, -0.1) is 10.2 Å². The summed E-state index contributed by atoms with van der Waals surface area (Å²) in [4.78, 5) is 29.5. The van der Waals surface area contributed by atoms with Gasteiger partial charge in [0.25, 0.3) is 0 Å². The second-order valence-corrected chi connectivity index (χ2v) is 10.6. The molecule has 8 nitrogen and oxygen atoms in total. The van der Waals surface area contributed by atoms with Crippen molar-refractivity contribution >= 4 is 11.8 Å². The lowest BCUT2D eigenvalue weighted by Crippen LogP contribution is -2.43. The number of nitrogens with zero attached hydrogens (tertiary/aromatic N) is 4. The predicted octanol–water partition coefficient (Wildman–Crippen LogP) is 3.83. The standard InChI is InChI=1S/C24H38N4O4/c1-24(2,3)23(30)27-13-10-17(11-14-27)21-25-26-22(32-21)19-9-4-6-12-28(19)20(29)16-18-8-5-7-15-31-18/h17-19H,4-16H2,1-3H3/t18-,19+/m0/s1. The Kier molecular flexibility index (Phi) is 7.17. The minimum absolute atomic E-state index is 0.0399. The molecule has 178 valence electrons. The predicted molar refractivity (Wildman–Crippen MR) is 119 cm³/mol. The van der Waals surface area contributed by atoms with Crippen LogP contribution >= 0.6 is 0 Å². The Morgan fingerprint density at radius 1 is 0.938 bits per heavy atom. The second-order valence-electron chi connectivity index (χ2n) is 10.6. The van der Waals surface area contributed by atoms with E-state index in [1.165, 1.54) is 0 Å². The number of hydrogen-bond donors (Lipinski definition) is 0. The maximum absolute atomic E-state index is 13.1. The van der Waals surface area contributed by atoms with Gasteiger partial charge in [-0.1, -0.05) is 20.8 Å². The first-order valence-corrected chi connectivity index (χ1v) is 12.4. The van der Waals surface area contributed by atoms with E-state index in [2.05, 4.69) is 10.2 Å². The molecular weight excluding hydrogens is 408 g/mol. The third kappa shape index (κ3) is 5.33. The van der Waals surface area contributed by atoms with E-state index in [4.69, 9.17) is 9.15 Å². The Morgan fingerprint density at radius 3 is 2.34 bits per heavy atom. The van der Waals surface area contributed by atoms with Gasteiger partial charge in [0, 0.05) is 37.6 Å². The monoisotopic (exact) mass is 446 g/mol. The summed E-state index contributed by atoms with van der Waals surface area (Å²) in [6.07, 6.45) is 8.25. The number of piperidine rings is 2. The summed E-state index contributed by atoms with van der Waals surface area (Å²) in [5.74, 6) is 1.71. The molecule has 0 aliphatic carbocycles. The Balaban J connectivity index is 1.37. The fourth-order valence-corrected chi connectivity index (χ4v) is 5.12. The van der Waals surface area contributed by atoms with Crippen molar-refractivity contribution in [1.29, 1.82) is 0 Å². The van der Waals surface area contributed by atoms with Gasteiger partial charge in [0.2, 0.25) is 23.6 Å². The van der Waals surface area contributed by atoms with Crippen LogP contribution < -0.4 is 0 Å². The van der Waals surface area contributed by atoms with Crippen molar-refractivity contribution in [2.75, 3.05) is 26.2 Å². The van der Waals surface area contributed by atoms with Gasteiger partial charge in [0.15, 0.2) is 0 Å². The molecule has 0 bridgehead atoms. The molecule has 32 heavy (non-hydrogen) atoms. The highest BCUT2D eigenvalue weighted by Crippen LogP contribution is 2.34. The third-order valence-corrected chi connectivity index (χ3v) is 7.01. The van der Waals surface area contributed by atoms with Crippen molar-refractivity contribution in [3.63, 3.8) is 0 Å². The van der Waals surface area contributed by atoms with Gasteiger partial charge in [0.1, 0.15) is 6.04 Å². The molecule has 1 aromatic rings. The van der Waals surface area contributed by atoms with Crippen LogP contribution in [0.2, 0.25) is 0 Å². The zero-order valence-electron chi connectivity index (χ0n) is 19.8. The molecular formula is C24H38N4O4. The summed E-state index contributed by atoms with van der Waals surface area (Å²) >= 11 is 0. The lowest BCUT2D eigenvalue weighted by molar-refractivity contribution is -0.140. The topological polar surface area (TPSA) is 88.8 Å². The van der Waals surface area contributed by atoms with Crippen LogP contribution in [0.3, 0.4) is 0 Å². The minimum Gasteiger partial charge on any atom is -0.423 e. The molecule has 8 heteroatoms. The van der Waals surface area contributed by atoms with E-state index in [1.807, 2.05) is 30.6 Å². The highest BCUT2D eigenvalue weighted by Gasteiger charge is 2.36. The Labute approximate surface area is 191 Å². The molecule has 0 radical (unpaired) electrons. The summed E-state index contributed by atoms with van der Waals surface area (Å²) < 4.78 is 11.9. The van der Waals surface area contributed by atoms with Crippen molar-refractivity contribution in [2.45, 2.75) is 96.6 Å². The fraction of sp³-hybridized carbons (Fsp3) is 0.833. The van der Waals surface area contributed by atoms with Crippen LogP contribution in [0.1, 0.15) is 102 Å². The summed E-state index contributed by atoms with van der Waals surface area (Å²) in [6, 6.07) is -0.136. The number of carbonyl (C=O) groups excluding carboxylic acids is 2. The number of rotatable bonds is 4. The number of hydrogen-bond acceptors (Lipinski definition) is 6. The highest BCUT2D eigenvalue weighted by atomic mass is 16.5. The van der Waals surface area contributed by atoms with Crippen molar-refractivity contribution in [2.24, 2.45) is 5.41 Å². The van der Waals surface area contributed by atoms with Gasteiger partial charge in [-0.25, -0.2) is 0 Å². The second kappa shape index (κ2) is 9.89. The van der Waals surface area contributed by atoms with Crippen molar-refractivity contribution in [3.05, 3.63) is 11.8 Å². The number of likely N-dealkylation sites (tertiary alicyclic amines) is 2. The number of amides is 2. The van der Waals surface area contributed by atoms with Gasteiger partial charge in [0.05, 0.1) is 12.5 Å². The van der Waals surface area contributed by atoms with Crippen LogP contribution in [-0.4, -0.2) is 64.2 Å². The molecule has 4 rings (SSSR count). The smallest absolute Gasteiger partial charge is 0.238 e. The average Bonchev–Trinajstić information content (AvgIpc) is 3.29. The van der Waals surface area contributed by atoms with Crippen LogP contribution in [0, 0.1) is 5.41 Å². The van der Waals surface area contributed by atoms with Gasteiger partial charge in [-0.05, 0) is 51.4 Å². The summed E-state index contributed by atoms with van der Waals surface area (Å²) in [7, 11) is 0. The van der Waals surface area contributed by atoms with Gasteiger partial charge >= 0.3 is 0 Å². The molecule has 0 N–H and O–H groups in total. The van der Waals surface area contributed by atoms with E-state index in [0.29, 0.717) is 31.3 Å². The molecule has 0 spiro atoms. The van der Waals surface area contributed by atoms with E-state index < -0.39 is 0 Å². The maximum Gasteiger partial charge on any atom is 0.238 e. The van der Waals surface area contributed by atoms with Gasteiger partial charge in [-0.3, -0.25) is 9.59 Å². The van der Waals surface area contributed by atoms with Crippen LogP contribution in [-0.2, 0) is 14.3 Å². The molecule has 3 aliphatic heterocycles. The summed E-state index contributed by atoms with van der Waals surface area (Å²) in [5, 5.41) is 8.73. The van der Waals surface area contributed by atoms with E-state index >= 15 is 0 Å². The van der Waals surface area contributed by atoms with Crippen LogP contribution in [0.25, 0.3) is 0 Å². The Hall–Kier alpha value is -1.96. The highest BCUT2D eigenvalue weighted by molar-refractivity contribution is 5.81. The normalized spacial score (nSPS) is 25.7. The van der Waals surface area contributed by atoms with Crippen LogP contribution in [0.5, 0.6) is 0 Å². The molecule has 3 saturated heterocycles. The van der Waals surface area contributed by atoms with Crippen LogP contribution in [0.15, 0.2) is 4.42 Å². The Bertz CT molecular complexity index is 788. The molecule has 3 fully saturated rings. The summed E-state index contributed by atoms with van der Waals surface area (Å²) in [5.41, 5.74) is -0.357. The number of aromatic nitrogens is 2. The molecule has 1 aromatic heterocycles. The fourth-order valence-electron chi connectivity index (χ4n) is 5.12. The zero-order valence-corrected chi connectivity index (χ0v) is 19.8. The van der Waals surface area contributed by atoms with Crippen molar-refractivity contribution in [3.8, 4) is 0 Å². The molecule has 3 aliphatic rings. The molecule has 0 aromatic carbocycles. The van der Waals surface area contributed by atoms with E-state index in [9.17, 15) is 9.59 Å². The molecule has 4 heterocycles. The van der Waals surface area contributed by atoms with Gasteiger partial charge < -0.3 is 19.0 Å². The van der Waals surface area contributed by atoms with Crippen molar-refractivity contribution in [1.82, 2.24) is 20.0 Å². The summed E-state index contributed by atoms with van der Waals surface area (Å²) in [6.45, 7) is 8.81. The SMILES string of the molecule is CC(C)(C)C(=O)N1CCC(c2nnc([C@H]3CCCCN3C(=O)C[C@@H]3CCCCO3)o2)CC1. The van der Waals surface area contributed by atoms with Gasteiger partial charge in [-0.2, -0.15) is 0 Å². The lowest BCUT2D eigenvalue weighted by atomic mass is 9.91. The average molecular weight is 447 g/mol. The zero-order chi connectivity index (χ0) is 22.7. The largest absolute Gasteiger partial charge is 0.423 e. The number of carbonyl (C=O) groups is 2. The Morgan fingerprint density at radius 2 is 1.66 bits per heavy atom. The van der Waals surface area contributed by atoms with E-state index in [-0.39, 0.29) is 35.3 Å². The molecule has 0 saturated carbocycles. The third-order valence-electron chi connectivity index (χ3n) is 7.01. The minimum atomic E-state index is -0.357. The first-order chi connectivity index (χ1) is 15.3. The van der Waals surface area contributed by atoms with E-state index in [0.717, 1.165) is 64.5 Å². The van der Waals surface area contributed by atoms with E-state index in [1.54, 1.807) is 0 Å². The first-order valence-electron chi connectivity index (χ1n) is 12.4. The number of ether oxygens (including phenoxy) is 1. The van der Waals surface area contributed by atoms with Crippen molar-refractivity contribution < 1.29 is 18.7 Å². The first kappa shape index (κ1) is 23.2. The van der Waals surface area contributed by atoms with Crippen LogP contribution in [0.4, 0.5) is 0 Å².